The van der Waals surface area contributed by atoms with E-state index in [1.165, 1.54) is 11.1 Å². The highest BCUT2D eigenvalue weighted by Gasteiger charge is 2.19. The molecule has 138 valence electrons. The molecule has 0 saturated heterocycles. The molecule has 25 heavy (non-hydrogen) atoms. The van der Waals surface area contributed by atoms with Crippen LogP contribution < -0.4 is 10.6 Å². The van der Waals surface area contributed by atoms with Gasteiger partial charge in [0.05, 0.1) is 0 Å². The largest absolute Gasteiger partial charge is 0.357 e. The van der Waals surface area contributed by atoms with Gasteiger partial charge in [0.25, 0.3) is 0 Å². The van der Waals surface area contributed by atoms with Crippen LogP contribution in [0.15, 0.2) is 29.3 Å². The average molecular weight is 345 g/mol. The summed E-state index contributed by atoms with van der Waals surface area (Å²) in [5.41, 5.74) is 2.63. The van der Waals surface area contributed by atoms with Crippen LogP contribution >= 0.6 is 0 Å². The van der Waals surface area contributed by atoms with Crippen LogP contribution in [0.3, 0.4) is 0 Å². The van der Waals surface area contributed by atoms with Crippen molar-refractivity contribution in [2.75, 3.05) is 19.6 Å². The van der Waals surface area contributed by atoms with Gasteiger partial charge >= 0.3 is 0 Å². The maximum atomic E-state index is 12.5. The monoisotopic (exact) mass is 344 g/mol. The lowest BCUT2D eigenvalue weighted by Gasteiger charge is -2.29. The third kappa shape index (κ3) is 6.40. The zero-order chi connectivity index (χ0) is 18.3. The summed E-state index contributed by atoms with van der Waals surface area (Å²) in [6.07, 6.45) is 2.29. The fourth-order valence-corrected chi connectivity index (χ4v) is 2.95. The van der Waals surface area contributed by atoms with Gasteiger partial charge in [0.1, 0.15) is 0 Å². The zero-order valence-corrected chi connectivity index (χ0v) is 16.1. The summed E-state index contributed by atoms with van der Waals surface area (Å²) < 4.78 is 0. The highest BCUT2D eigenvalue weighted by molar-refractivity contribution is 5.80. The van der Waals surface area contributed by atoms with E-state index in [1.54, 1.807) is 0 Å². The number of nitrogens with zero attached hydrogens (tertiary/aromatic N) is 2. The van der Waals surface area contributed by atoms with E-state index in [2.05, 4.69) is 61.5 Å². The third-order valence-electron chi connectivity index (χ3n) is 4.14. The molecule has 1 aromatic carbocycles. The number of hydrogen-bond acceptors (Lipinski definition) is 2. The lowest BCUT2D eigenvalue weighted by atomic mass is 9.99. The number of guanidine groups is 1. The zero-order valence-electron chi connectivity index (χ0n) is 16.1. The molecule has 0 aromatic heterocycles. The molecule has 1 aromatic rings. The van der Waals surface area contributed by atoms with Crippen molar-refractivity contribution in [1.82, 2.24) is 15.5 Å². The van der Waals surface area contributed by atoms with Crippen LogP contribution in [-0.2, 0) is 17.8 Å². The first-order valence-corrected chi connectivity index (χ1v) is 9.30. The molecule has 0 radical (unpaired) electrons. The van der Waals surface area contributed by atoms with E-state index < -0.39 is 0 Å². The predicted molar refractivity (Wildman–Crippen MR) is 104 cm³/mol. The molecule has 0 unspecified atom stereocenters. The SMILES string of the molecule is CCNC(=NCCCC(=O)N1CCc2ccccc2C1)NC(C)(C)C. The van der Waals surface area contributed by atoms with E-state index in [-0.39, 0.29) is 11.4 Å². The second-order valence-corrected chi connectivity index (χ2v) is 7.57. The molecular formula is C20H32N4O. The first-order valence-electron chi connectivity index (χ1n) is 9.30. The van der Waals surface area contributed by atoms with Gasteiger partial charge in [-0.1, -0.05) is 24.3 Å². The van der Waals surface area contributed by atoms with Crippen LogP contribution in [0, 0.1) is 0 Å². The molecule has 0 fully saturated rings. The number of hydrogen-bond donors (Lipinski definition) is 2. The van der Waals surface area contributed by atoms with Gasteiger partial charge in [-0.25, -0.2) is 0 Å². The lowest BCUT2D eigenvalue weighted by molar-refractivity contribution is -0.132. The van der Waals surface area contributed by atoms with Crippen molar-refractivity contribution < 1.29 is 4.79 Å². The Labute approximate surface area is 151 Å². The molecule has 1 amide bonds. The van der Waals surface area contributed by atoms with E-state index in [0.29, 0.717) is 13.0 Å². The number of rotatable bonds is 5. The topological polar surface area (TPSA) is 56.7 Å². The van der Waals surface area contributed by atoms with Crippen LogP contribution in [0.4, 0.5) is 0 Å². The standard InChI is InChI=1S/C20H32N4O/c1-5-21-19(23-20(2,3)4)22-13-8-11-18(25)24-14-12-16-9-6-7-10-17(16)15-24/h6-7,9-10H,5,8,11-15H2,1-4H3,(H2,21,22,23). The summed E-state index contributed by atoms with van der Waals surface area (Å²) in [5, 5.41) is 6.61. The number of aliphatic imine (C=N–C) groups is 1. The lowest BCUT2D eigenvalue weighted by Crippen LogP contribution is -2.47. The van der Waals surface area contributed by atoms with Crippen LogP contribution in [-0.4, -0.2) is 41.9 Å². The van der Waals surface area contributed by atoms with E-state index >= 15 is 0 Å². The molecule has 0 spiro atoms. The van der Waals surface area contributed by atoms with Gasteiger partial charge in [0.15, 0.2) is 5.96 Å². The molecule has 2 rings (SSSR count). The molecule has 5 nitrogen and oxygen atoms in total. The van der Waals surface area contributed by atoms with Crippen LogP contribution in [0.1, 0.15) is 51.7 Å². The number of carbonyl (C=O) groups is 1. The summed E-state index contributed by atoms with van der Waals surface area (Å²) in [6.45, 7) is 11.4. The summed E-state index contributed by atoms with van der Waals surface area (Å²) in [4.78, 5) is 19.0. The highest BCUT2D eigenvalue weighted by atomic mass is 16.2. The Morgan fingerprint density at radius 3 is 2.64 bits per heavy atom. The Morgan fingerprint density at radius 1 is 1.24 bits per heavy atom. The maximum absolute atomic E-state index is 12.5. The predicted octanol–water partition coefficient (Wildman–Crippen LogP) is 2.71. The Bertz CT molecular complexity index is 604. The molecule has 1 heterocycles. The van der Waals surface area contributed by atoms with Gasteiger partial charge in [-0.05, 0) is 51.7 Å². The summed E-state index contributed by atoms with van der Waals surface area (Å²) in [6, 6.07) is 8.41. The quantitative estimate of drug-likeness (QED) is 0.490. The fraction of sp³-hybridized carbons (Fsp3) is 0.600. The smallest absolute Gasteiger partial charge is 0.222 e. The Hall–Kier alpha value is -2.04. The second kappa shape index (κ2) is 8.88. The molecule has 0 saturated carbocycles. The minimum absolute atomic E-state index is 0.0297. The summed E-state index contributed by atoms with van der Waals surface area (Å²) >= 11 is 0. The van der Waals surface area contributed by atoms with Gasteiger partial charge in [-0.2, -0.15) is 0 Å². The molecule has 0 atom stereocenters. The number of amides is 1. The Balaban J connectivity index is 1.79. The van der Waals surface area contributed by atoms with Gasteiger partial charge in [0.2, 0.25) is 5.91 Å². The van der Waals surface area contributed by atoms with E-state index in [1.807, 2.05) is 11.0 Å². The first-order chi connectivity index (χ1) is 11.9. The second-order valence-electron chi connectivity index (χ2n) is 7.57. The normalized spacial score (nSPS) is 14.9. The van der Waals surface area contributed by atoms with Crippen molar-refractivity contribution in [3.63, 3.8) is 0 Å². The average Bonchev–Trinajstić information content (AvgIpc) is 2.57. The molecule has 2 N–H and O–H groups in total. The van der Waals surface area contributed by atoms with Crippen molar-refractivity contribution >= 4 is 11.9 Å². The van der Waals surface area contributed by atoms with Gasteiger partial charge < -0.3 is 15.5 Å². The third-order valence-corrected chi connectivity index (χ3v) is 4.14. The van der Waals surface area contributed by atoms with Crippen molar-refractivity contribution in [2.45, 2.75) is 59.0 Å². The Kier molecular flexibility index (Phi) is 6.85. The molecular weight excluding hydrogens is 312 g/mol. The summed E-state index contributed by atoms with van der Waals surface area (Å²) in [7, 11) is 0. The number of carbonyl (C=O) groups excluding carboxylic acids is 1. The maximum Gasteiger partial charge on any atom is 0.222 e. The van der Waals surface area contributed by atoms with Crippen molar-refractivity contribution in [1.29, 1.82) is 0 Å². The van der Waals surface area contributed by atoms with E-state index in [4.69, 9.17) is 0 Å². The van der Waals surface area contributed by atoms with E-state index in [9.17, 15) is 4.79 Å². The minimum atomic E-state index is -0.0297. The van der Waals surface area contributed by atoms with Crippen molar-refractivity contribution in [3.8, 4) is 0 Å². The van der Waals surface area contributed by atoms with Crippen molar-refractivity contribution in [3.05, 3.63) is 35.4 Å². The Morgan fingerprint density at radius 2 is 1.96 bits per heavy atom. The van der Waals surface area contributed by atoms with E-state index in [0.717, 1.165) is 38.4 Å². The minimum Gasteiger partial charge on any atom is -0.357 e. The highest BCUT2D eigenvalue weighted by Crippen LogP contribution is 2.19. The molecule has 1 aliphatic heterocycles. The van der Waals surface area contributed by atoms with Gasteiger partial charge in [-0.15, -0.1) is 0 Å². The number of nitrogens with one attached hydrogen (secondary N) is 2. The molecule has 0 bridgehead atoms. The molecule has 0 aliphatic carbocycles. The van der Waals surface area contributed by atoms with Gasteiger partial charge in [-0.3, -0.25) is 9.79 Å². The number of fused-ring (bicyclic) bond motifs is 1. The van der Waals surface area contributed by atoms with Crippen molar-refractivity contribution in [2.24, 2.45) is 4.99 Å². The molecule has 1 aliphatic rings. The van der Waals surface area contributed by atoms with Crippen LogP contribution in [0.25, 0.3) is 0 Å². The first kappa shape index (κ1) is 19.3. The van der Waals surface area contributed by atoms with Gasteiger partial charge in [0, 0.05) is 38.1 Å². The van der Waals surface area contributed by atoms with Crippen LogP contribution in [0.5, 0.6) is 0 Å². The fourth-order valence-electron chi connectivity index (χ4n) is 2.95. The summed E-state index contributed by atoms with van der Waals surface area (Å²) in [5.74, 6) is 1.05. The molecule has 5 heteroatoms. The van der Waals surface area contributed by atoms with Crippen LogP contribution in [0.2, 0.25) is 0 Å². The number of benzene rings is 1.